The van der Waals surface area contributed by atoms with E-state index in [-0.39, 0.29) is 5.75 Å². The first-order chi connectivity index (χ1) is 7.52. The van der Waals surface area contributed by atoms with Crippen molar-refractivity contribution in [3.05, 3.63) is 41.4 Å². The summed E-state index contributed by atoms with van der Waals surface area (Å²) in [4.78, 5) is 2.00. The van der Waals surface area contributed by atoms with Crippen LogP contribution in [0.15, 0.2) is 36.4 Å². The Bertz CT molecular complexity index is 425. The maximum atomic E-state index is 9.44. The quantitative estimate of drug-likeness (QED) is 0.760. The first-order valence-corrected chi connectivity index (χ1v) is 5.37. The van der Waals surface area contributed by atoms with Crippen LogP contribution in [-0.4, -0.2) is 31.1 Å². The third-order valence-electron chi connectivity index (χ3n) is 1.85. The van der Waals surface area contributed by atoms with Gasteiger partial charge in [0.2, 0.25) is 0 Å². The van der Waals surface area contributed by atoms with Crippen LogP contribution in [0.25, 0.3) is 10.8 Å². The summed E-state index contributed by atoms with van der Waals surface area (Å²) in [5, 5.41) is 11.8. The standard InChI is InChI=1S/C10H7ClO.C3H9N/c11-9-5-6-10(12)8-4-2-1-3-7(8)9;1-4(2)3/h1-6,12H;1-3H3. The van der Waals surface area contributed by atoms with Gasteiger partial charge in [-0.2, -0.15) is 0 Å². The van der Waals surface area contributed by atoms with Crippen molar-refractivity contribution in [2.24, 2.45) is 0 Å². The van der Waals surface area contributed by atoms with Gasteiger partial charge in [-0.1, -0.05) is 35.9 Å². The van der Waals surface area contributed by atoms with E-state index in [0.29, 0.717) is 5.02 Å². The molecule has 0 unspecified atom stereocenters. The highest BCUT2D eigenvalue weighted by Crippen LogP contribution is 2.29. The summed E-state index contributed by atoms with van der Waals surface area (Å²) in [5.74, 6) is 0.273. The molecule has 0 atom stereocenters. The van der Waals surface area contributed by atoms with Crippen LogP contribution in [0, 0.1) is 0 Å². The fraction of sp³-hybridized carbons (Fsp3) is 0.231. The van der Waals surface area contributed by atoms with Gasteiger partial charge in [0, 0.05) is 15.8 Å². The number of nitrogens with zero attached hydrogens (tertiary/aromatic N) is 1. The predicted octanol–water partition coefficient (Wildman–Crippen LogP) is 3.38. The van der Waals surface area contributed by atoms with Crippen molar-refractivity contribution < 1.29 is 5.11 Å². The van der Waals surface area contributed by atoms with Gasteiger partial charge >= 0.3 is 0 Å². The number of hydrogen-bond acceptors (Lipinski definition) is 2. The molecule has 16 heavy (non-hydrogen) atoms. The highest BCUT2D eigenvalue weighted by atomic mass is 35.5. The zero-order chi connectivity index (χ0) is 12.1. The fourth-order valence-corrected chi connectivity index (χ4v) is 1.47. The fourth-order valence-electron chi connectivity index (χ4n) is 1.25. The lowest BCUT2D eigenvalue weighted by Crippen LogP contribution is -1.99. The SMILES string of the molecule is CN(C)C.Oc1ccc(Cl)c2ccccc12. The van der Waals surface area contributed by atoms with E-state index in [2.05, 4.69) is 0 Å². The minimum atomic E-state index is 0.273. The molecule has 0 aliphatic carbocycles. The molecular formula is C13H16ClNO. The van der Waals surface area contributed by atoms with Gasteiger partial charge in [-0.25, -0.2) is 0 Å². The molecule has 0 heterocycles. The molecular weight excluding hydrogens is 222 g/mol. The minimum Gasteiger partial charge on any atom is -0.507 e. The lowest BCUT2D eigenvalue weighted by atomic mass is 10.1. The molecule has 2 aromatic carbocycles. The van der Waals surface area contributed by atoms with Crippen molar-refractivity contribution in [3.8, 4) is 5.75 Å². The Kier molecular flexibility index (Phi) is 4.59. The Labute approximate surface area is 101 Å². The van der Waals surface area contributed by atoms with E-state index >= 15 is 0 Å². The Morgan fingerprint density at radius 1 is 0.938 bits per heavy atom. The molecule has 0 saturated carbocycles. The highest BCUT2D eigenvalue weighted by molar-refractivity contribution is 6.35. The third kappa shape index (κ3) is 3.40. The first kappa shape index (κ1) is 12.8. The summed E-state index contributed by atoms with van der Waals surface area (Å²) >= 11 is 5.92. The number of phenolic OH excluding ortho intramolecular Hbond substituents is 1. The average molecular weight is 238 g/mol. The summed E-state index contributed by atoms with van der Waals surface area (Å²) in [6.45, 7) is 0. The van der Waals surface area contributed by atoms with Crippen LogP contribution >= 0.6 is 11.6 Å². The number of hydrogen-bond donors (Lipinski definition) is 1. The van der Waals surface area contributed by atoms with Crippen molar-refractivity contribution in [2.75, 3.05) is 21.1 Å². The van der Waals surface area contributed by atoms with E-state index in [9.17, 15) is 5.11 Å². The van der Waals surface area contributed by atoms with Crippen molar-refractivity contribution in [1.82, 2.24) is 4.90 Å². The zero-order valence-electron chi connectivity index (χ0n) is 9.74. The second-order valence-corrected chi connectivity index (χ2v) is 4.36. The first-order valence-electron chi connectivity index (χ1n) is 4.99. The van der Waals surface area contributed by atoms with Crippen molar-refractivity contribution in [2.45, 2.75) is 0 Å². The molecule has 0 saturated heterocycles. The van der Waals surface area contributed by atoms with Gasteiger partial charge < -0.3 is 10.0 Å². The summed E-state index contributed by atoms with van der Waals surface area (Å²) in [7, 11) is 6.00. The van der Waals surface area contributed by atoms with Gasteiger partial charge in [-0.05, 0) is 33.3 Å². The molecule has 0 amide bonds. The monoisotopic (exact) mass is 237 g/mol. The molecule has 0 aliphatic heterocycles. The number of fused-ring (bicyclic) bond motifs is 1. The number of rotatable bonds is 0. The Morgan fingerprint density at radius 2 is 1.44 bits per heavy atom. The number of benzene rings is 2. The van der Waals surface area contributed by atoms with E-state index in [1.165, 1.54) is 0 Å². The molecule has 0 fully saturated rings. The van der Waals surface area contributed by atoms with Gasteiger partial charge in [0.25, 0.3) is 0 Å². The molecule has 0 aromatic heterocycles. The van der Waals surface area contributed by atoms with Crippen LogP contribution < -0.4 is 0 Å². The van der Waals surface area contributed by atoms with E-state index < -0.39 is 0 Å². The van der Waals surface area contributed by atoms with Gasteiger partial charge in [-0.3, -0.25) is 0 Å². The van der Waals surface area contributed by atoms with Gasteiger partial charge in [0.15, 0.2) is 0 Å². The van der Waals surface area contributed by atoms with Crippen LogP contribution in [0.5, 0.6) is 5.75 Å². The number of aromatic hydroxyl groups is 1. The molecule has 0 bridgehead atoms. The van der Waals surface area contributed by atoms with Crippen LogP contribution in [0.2, 0.25) is 5.02 Å². The van der Waals surface area contributed by atoms with Crippen molar-refractivity contribution in [1.29, 1.82) is 0 Å². The average Bonchev–Trinajstić information content (AvgIpc) is 2.23. The van der Waals surface area contributed by atoms with E-state index in [1.54, 1.807) is 12.1 Å². The maximum absolute atomic E-state index is 9.44. The second kappa shape index (κ2) is 5.73. The Hall–Kier alpha value is -1.25. The number of phenols is 1. The Balaban J connectivity index is 0.000000280. The summed E-state index contributed by atoms with van der Waals surface area (Å²) in [5.41, 5.74) is 0. The molecule has 0 radical (unpaired) electrons. The molecule has 2 aromatic rings. The smallest absolute Gasteiger partial charge is 0.123 e. The molecule has 2 nitrogen and oxygen atoms in total. The molecule has 86 valence electrons. The zero-order valence-corrected chi connectivity index (χ0v) is 10.5. The lowest BCUT2D eigenvalue weighted by molar-refractivity contribution is 0.481. The van der Waals surface area contributed by atoms with Gasteiger partial charge in [0.05, 0.1) is 0 Å². The normalized spacial score (nSPS) is 10.1. The predicted molar refractivity (Wildman–Crippen MR) is 70.2 cm³/mol. The third-order valence-corrected chi connectivity index (χ3v) is 2.18. The van der Waals surface area contributed by atoms with Crippen LogP contribution in [-0.2, 0) is 0 Å². The maximum Gasteiger partial charge on any atom is 0.123 e. The Morgan fingerprint density at radius 3 is 1.94 bits per heavy atom. The van der Waals surface area contributed by atoms with Crippen molar-refractivity contribution in [3.63, 3.8) is 0 Å². The van der Waals surface area contributed by atoms with E-state index in [1.807, 2.05) is 50.3 Å². The van der Waals surface area contributed by atoms with E-state index in [0.717, 1.165) is 10.8 Å². The highest BCUT2D eigenvalue weighted by Gasteiger charge is 2.00. The molecule has 1 N–H and O–H groups in total. The van der Waals surface area contributed by atoms with Crippen LogP contribution in [0.1, 0.15) is 0 Å². The van der Waals surface area contributed by atoms with E-state index in [4.69, 9.17) is 11.6 Å². The molecule has 2 rings (SSSR count). The lowest BCUT2D eigenvalue weighted by Gasteiger charge is -2.01. The summed E-state index contributed by atoms with van der Waals surface area (Å²) in [6.07, 6.45) is 0. The van der Waals surface area contributed by atoms with Gasteiger partial charge in [0.1, 0.15) is 5.75 Å². The second-order valence-electron chi connectivity index (χ2n) is 3.95. The van der Waals surface area contributed by atoms with Crippen molar-refractivity contribution >= 4 is 22.4 Å². The largest absolute Gasteiger partial charge is 0.507 e. The topological polar surface area (TPSA) is 23.5 Å². The van der Waals surface area contributed by atoms with Gasteiger partial charge in [-0.15, -0.1) is 0 Å². The minimum absolute atomic E-state index is 0.273. The van der Waals surface area contributed by atoms with Crippen LogP contribution in [0.4, 0.5) is 0 Å². The number of halogens is 1. The summed E-state index contributed by atoms with van der Waals surface area (Å²) in [6, 6.07) is 10.8. The molecule has 3 heteroatoms. The molecule has 0 aliphatic rings. The molecule has 0 spiro atoms. The van der Waals surface area contributed by atoms with Crippen LogP contribution in [0.3, 0.4) is 0 Å². The summed E-state index contributed by atoms with van der Waals surface area (Å²) < 4.78 is 0.